The second-order valence-corrected chi connectivity index (χ2v) is 30.5. The molecule has 0 bridgehead atoms. The van der Waals surface area contributed by atoms with E-state index in [-0.39, 0.29) is 7.61 Å². The van der Waals surface area contributed by atoms with Crippen molar-refractivity contribution in [1.82, 2.24) is 0 Å². The summed E-state index contributed by atoms with van der Waals surface area (Å²) in [5, 5.41) is 1.39. The Morgan fingerprint density at radius 1 is 0.917 bits per heavy atom. The van der Waals surface area contributed by atoms with Gasteiger partial charge in [0, 0.05) is 0 Å². The fourth-order valence-electron chi connectivity index (χ4n) is 3.19. The van der Waals surface area contributed by atoms with Crippen LogP contribution in [0.2, 0.25) is 0 Å². The van der Waals surface area contributed by atoms with Crippen LogP contribution in [0.1, 0.15) is 11.2 Å². The standard InChI is InChI=1S/C16H18O2P2S4/c1-17-12-5-3-11(4-6-12)15-16(21)19(20(15,22)23-24-20)14-9-7-13(18-2)8-10-14/h3-10,15-16,21-22H,1-2H3. The van der Waals surface area contributed by atoms with Crippen LogP contribution in [0, 0.1) is 0 Å². The molecule has 128 valence electrons. The molecular formula is C16H18O2P2S4. The normalized spacial score (nSPS) is 30.7. The van der Waals surface area contributed by atoms with E-state index >= 15 is 0 Å². The molecule has 3 atom stereocenters. The number of hydrogen-bond acceptors (Lipinski definition) is 6. The van der Waals surface area contributed by atoms with Gasteiger partial charge in [0.15, 0.2) is 0 Å². The van der Waals surface area contributed by atoms with Crippen LogP contribution in [-0.2, 0) is 0 Å². The van der Waals surface area contributed by atoms with Crippen LogP contribution in [0.25, 0.3) is 0 Å². The molecule has 24 heavy (non-hydrogen) atoms. The molecule has 0 saturated carbocycles. The summed E-state index contributed by atoms with van der Waals surface area (Å²) in [6, 6.07) is 16.9. The van der Waals surface area contributed by atoms with Crippen LogP contribution >= 0.6 is 57.2 Å². The van der Waals surface area contributed by atoms with Crippen molar-refractivity contribution in [1.29, 1.82) is 0 Å². The SMILES string of the molecule is COc1ccc(C2C(S)P(c3ccc(OC)cc3)P23(S)SS3)cc1. The molecule has 4 rings (SSSR count). The van der Waals surface area contributed by atoms with Crippen molar-refractivity contribution in [3.8, 4) is 11.5 Å². The van der Waals surface area contributed by atoms with E-state index in [9.17, 15) is 0 Å². The molecule has 2 aromatic carbocycles. The van der Waals surface area contributed by atoms with Gasteiger partial charge in [0.05, 0.1) is 0 Å². The van der Waals surface area contributed by atoms with Crippen molar-refractivity contribution < 1.29 is 9.47 Å². The van der Waals surface area contributed by atoms with E-state index in [1.54, 1.807) is 14.2 Å². The Labute approximate surface area is 161 Å². The monoisotopic (exact) mass is 432 g/mol. The van der Waals surface area contributed by atoms with Gasteiger partial charge in [-0.1, -0.05) is 0 Å². The number of hydrogen-bond donors (Lipinski definition) is 2. The molecule has 3 unspecified atom stereocenters. The van der Waals surface area contributed by atoms with Crippen LogP contribution in [-0.4, -0.2) is 19.2 Å². The van der Waals surface area contributed by atoms with Gasteiger partial charge in [0.2, 0.25) is 0 Å². The maximum absolute atomic E-state index is 5.35. The topological polar surface area (TPSA) is 18.5 Å². The second-order valence-electron chi connectivity index (χ2n) is 5.76. The molecule has 1 spiro atoms. The molecule has 0 N–H and O–H groups in total. The quantitative estimate of drug-likeness (QED) is 0.253. The molecule has 2 aliphatic heterocycles. The first-order valence-corrected chi connectivity index (χ1v) is 16.9. The first-order chi connectivity index (χ1) is 11.5. The molecule has 2 fully saturated rings. The summed E-state index contributed by atoms with van der Waals surface area (Å²) in [5.74, 6) is 1.79. The number of rotatable bonds is 4. The summed E-state index contributed by atoms with van der Waals surface area (Å²) in [6.45, 7) is 0. The molecule has 0 aliphatic carbocycles. The third-order valence-electron chi connectivity index (χ3n) is 4.49. The minimum atomic E-state index is -2.11. The van der Waals surface area contributed by atoms with Gasteiger partial charge in [0.1, 0.15) is 0 Å². The molecule has 0 radical (unpaired) electrons. The zero-order chi connectivity index (χ0) is 17.0. The molecule has 2 aliphatic rings. The maximum atomic E-state index is 5.35. The van der Waals surface area contributed by atoms with E-state index < -0.39 is 3.90 Å². The fraction of sp³-hybridized carbons (Fsp3) is 0.250. The van der Waals surface area contributed by atoms with Gasteiger partial charge >= 0.3 is 162 Å². The molecule has 0 aromatic heterocycles. The van der Waals surface area contributed by atoms with E-state index in [1.165, 1.54) is 10.9 Å². The zero-order valence-electron chi connectivity index (χ0n) is 13.2. The summed E-state index contributed by atoms with van der Waals surface area (Å²) in [6.07, 6.45) is 0. The van der Waals surface area contributed by atoms with Crippen molar-refractivity contribution in [2.75, 3.05) is 14.2 Å². The average molecular weight is 433 g/mol. The van der Waals surface area contributed by atoms with Crippen molar-refractivity contribution >= 4 is 62.5 Å². The van der Waals surface area contributed by atoms with E-state index in [4.69, 9.17) is 34.4 Å². The van der Waals surface area contributed by atoms with Crippen molar-refractivity contribution in [2.24, 2.45) is 0 Å². The van der Waals surface area contributed by atoms with Gasteiger partial charge in [0.25, 0.3) is 0 Å². The third kappa shape index (κ3) is 2.52. The van der Waals surface area contributed by atoms with E-state index in [1.807, 2.05) is 33.0 Å². The molecular weight excluding hydrogens is 414 g/mol. The summed E-state index contributed by atoms with van der Waals surface area (Å²) >= 11 is 10.4. The first-order valence-electron chi connectivity index (χ1n) is 7.42. The number of benzene rings is 2. The predicted molar refractivity (Wildman–Crippen MR) is 119 cm³/mol. The Morgan fingerprint density at radius 2 is 1.42 bits per heavy atom. The molecule has 2 heterocycles. The Kier molecular flexibility index (Phi) is 4.56. The number of ether oxygens (including phenoxy) is 2. The van der Waals surface area contributed by atoms with Crippen LogP contribution < -0.4 is 14.8 Å². The zero-order valence-corrected chi connectivity index (χ0v) is 18.4. The van der Waals surface area contributed by atoms with Gasteiger partial charge in [-0.3, -0.25) is 0 Å². The number of thiol groups is 2. The predicted octanol–water partition coefficient (Wildman–Crippen LogP) is 6.36. The molecule has 2 nitrogen and oxygen atoms in total. The van der Waals surface area contributed by atoms with Crippen molar-refractivity contribution in [2.45, 2.75) is 10.7 Å². The van der Waals surface area contributed by atoms with Crippen molar-refractivity contribution in [3.63, 3.8) is 0 Å². The molecule has 8 heteroatoms. The summed E-state index contributed by atoms with van der Waals surface area (Å²) in [7, 11) is 7.08. The van der Waals surface area contributed by atoms with Crippen LogP contribution in [0.5, 0.6) is 11.5 Å². The van der Waals surface area contributed by atoms with Gasteiger partial charge in [-0.15, -0.1) is 0 Å². The van der Waals surface area contributed by atoms with Crippen LogP contribution in [0.4, 0.5) is 0 Å². The molecule has 2 aromatic rings. The minimum absolute atomic E-state index is 0.347. The van der Waals surface area contributed by atoms with Crippen LogP contribution in [0.3, 0.4) is 0 Å². The summed E-state index contributed by atoms with van der Waals surface area (Å²) in [4.78, 5) is 0.347. The summed E-state index contributed by atoms with van der Waals surface area (Å²) in [5.41, 5.74) is 1.78. The third-order valence-corrected chi connectivity index (χ3v) is 36.9. The van der Waals surface area contributed by atoms with E-state index in [0.717, 1.165) is 11.5 Å². The Bertz CT molecular complexity index is 705. The molecule has 2 saturated heterocycles. The first kappa shape index (κ1) is 17.7. The van der Waals surface area contributed by atoms with Crippen molar-refractivity contribution in [3.05, 3.63) is 54.1 Å². The Balaban J connectivity index is 1.67. The second kappa shape index (κ2) is 6.18. The average Bonchev–Trinajstić information content (AvgIpc) is 3.32. The van der Waals surface area contributed by atoms with Gasteiger partial charge < -0.3 is 0 Å². The van der Waals surface area contributed by atoms with Gasteiger partial charge in [-0.05, 0) is 0 Å². The van der Waals surface area contributed by atoms with E-state index in [0.29, 0.717) is 10.7 Å². The van der Waals surface area contributed by atoms with Crippen LogP contribution in [0.15, 0.2) is 48.5 Å². The number of methoxy groups -OCH3 is 2. The van der Waals surface area contributed by atoms with E-state index in [2.05, 4.69) is 36.4 Å². The summed E-state index contributed by atoms with van der Waals surface area (Å²) < 4.78 is 8.47. The Morgan fingerprint density at radius 3 is 1.88 bits per heavy atom. The Hall–Kier alpha value is 0.300. The molecule has 0 amide bonds. The van der Waals surface area contributed by atoms with Gasteiger partial charge in [-0.25, -0.2) is 0 Å². The fourth-order valence-corrected chi connectivity index (χ4v) is 43.8. The van der Waals surface area contributed by atoms with Gasteiger partial charge in [-0.2, -0.15) is 0 Å².